The zero-order valence-electron chi connectivity index (χ0n) is 12.1. The average Bonchev–Trinajstić information content (AvgIpc) is 2.96. The van der Waals surface area contributed by atoms with Gasteiger partial charge in [0.2, 0.25) is 0 Å². The van der Waals surface area contributed by atoms with E-state index in [4.69, 9.17) is 0 Å². The van der Waals surface area contributed by atoms with Crippen LogP contribution in [0.4, 0.5) is 0 Å². The molecule has 1 aliphatic carbocycles. The molecule has 3 heteroatoms. The van der Waals surface area contributed by atoms with Crippen molar-refractivity contribution in [3.8, 4) is 0 Å². The van der Waals surface area contributed by atoms with Crippen LogP contribution in [0.3, 0.4) is 0 Å². The number of benzene rings is 1. The molecule has 0 unspecified atom stereocenters. The van der Waals surface area contributed by atoms with Crippen molar-refractivity contribution in [2.45, 2.75) is 27.2 Å². The molecule has 0 N–H and O–H groups in total. The Labute approximate surface area is 153 Å². The Morgan fingerprint density at radius 2 is 1.70 bits per heavy atom. The Hall–Kier alpha value is -0.227. The number of rotatable bonds is 0. The normalized spacial score (nSPS) is 10.9. The molecule has 0 fully saturated rings. The van der Waals surface area contributed by atoms with Gasteiger partial charge in [-0.05, 0) is 6.92 Å². The van der Waals surface area contributed by atoms with Gasteiger partial charge in [-0.1, -0.05) is 25.5 Å². The third kappa shape index (κ3) is 5.28. The first-order chi connectivity index (χ1) is 8.20. The minimum absolute atomic E-state index is 0. The molecule has 0 bridgehead atoms. The van der Waals surface area contributed by atoms with E-state index in [1.165, 1.54) is 27.5 Å². The Balaban J connectivity index is 0. The maximum absolute atomic E-state index is 2.99. The van der Waals surface area contributed by atoms with Gasteiger partial charge in [0.15, 0.2) is 0 Å². The monoisotopic (exact) mass is 384 g/mol. The fraction of sp³-hybridized carbons (Fsp3) is 0.235. The molecule has 0 heterocycles. The van der Waals surface area contributed by atoms with E-state index in [1.807, 2.05) is 12.2 Å². The van der Waals surface area contributed by atoms with Gasteiger partial charge >= 0.3 is 26.2 Å². The first-order valence-corrected chi connectivity index (χ1v) is 6.04. The van der Waals surface area contributed by atoms with Crippen LogP contribution in [0.5, 0.6) is 0 Å². The molecule has 0 saturated heterocycles. The standard InChI is InChI=1S/C12H13.C5H5.2ClH.Zr/c1-8-4-5-9(2)12-10(3)6-7-11(8)12;1-2-4-5-3-1;;;/h4-7H,1-3H3;1-3H,4H2;2*1H;/q2*-1;;;+2. The Morgan fingerprint density at radius 3 is 2.15 bits per heavy atom. The van der Waals surface area contributed by atoms with Gasteiger partial charge in [-0.15, -0.1) is 59.2 Å². The molecule has 0 nitrogen and oxygen atoms in total. The summed E-state index contributed by atoms with van der Waals surface area (Å²) in [5.74, 6) is 0. The topological polar surface area (TPSA) is 0 Å². The first kappa shape index (κ1) is 22.1. The van der Waals surface area contributed by atoms with E-state index in [9.17, 15) is 0 Å². The number of aryl methyl sites for hydroxylation is 3. The van der Waals surface area contributed by atoms with Gasteiger partial charge in [0.05, 0.1) is 0 Å². The molecule has 0 atom stereocenters. The van der Waals surface area contributed by atoms with Crippen molar-refractivity contribution in [1.29, 1.82) is 0 Å². The van der Waals surface area contributed by atoms with E-state index >= 15 is 0 Å². The fourth-order valence-electron chi connectivity index (χ4n) is 2.20. The minimum atomic E-state index is 0. The number of fused-ring (bicyclic) bond motifs is 1. The van der Waals surface area contributed by atoms with Crippen LogP contribution in [0.25, 0.3) is 10.8 Å². The summed E-state index contributed by atoms with van der Waals surface area (Å²) >= 11 is 0. The van der Waals surface area contributed by atoms with Crippen LogP contribution in [0.1, 0.15) is 23.1 Å². The largest absolute Gasteiger partial charge is 2.00 e. The summed E-state index contributed by atoms with van der Waals surface area (Å²) in [7, 11) is 0. The van der Waals surface area contributed by atoms with Crippen LogP contribution >= 0.6 is 24.8 Å². The molecule has 1 aliphatic rings. The van der Waals surface area contributed by atoms with Crippen LogP contribution in [0, 0.1) is 26.8 Å². The molecule has 0 saturated carbocycles. The van der Waals surface area contributed by atoms with Crippen molar-refractivity contribution in [2.24, 2.45) is 0 Å². The first-order valence-electron chi connectivity index (χ1n) is 6.04. The number of halogens is 2. The SMILES string of the molecule is Cc1ccc(C)c2c1cc[c-]2C.Cl.Cl.[C-]1=CC=CC1.[Zr+2]. The smallest absolute Gasteiger partial charge is 0.273 e. The van der Waals surface area contributed by atoms with E-state index in [-0.39, 0.29) is 51.0 Å². The molecule has 0 spiro atoms. The van der Waals surface area contributed by atoms with Crippen LogP contribution in [-0.2, 0) is 26.2 Å². The van der Waals surface area contributed by atoms with Crippen molar-refractivity contribution < 1.29 is 26.2 Å². The van der Waals surface area contributed by atoms with Crippen molar-refractivity contribution in [3.05, 3.63) is 65.3 Å². The number of hydrogen-bond donors (Lipinski definition) is 0. The van der Waals surface area contributed by atoms with E-state index in [0.29, 0.717) is 0 Å². The molecular formula is C17H20Cl2Zr. The third-order valence-electron chi connectivity index (χ3n) is 3.15. The second kappa shape index (κ2) is 10.5. The van der Waals surface area contributed by atoms with E-state index in [2.05, 4.69) is 57.2 Å². The van der Waals surface area contributed by atoms with Crippen LogP contribution in [-0.4, -0.2) is 0 Å². The van der Waals surface area contributed by atoms with Crippen molar-refractivity contribution >= 4 is 35.6 Å². The zero-order valence-corrected chi connectivity index (χ0v) is 16.2. The molecular weight excluding hydrogens is 366 g/mol. The van der Waals surface area contributed by atoms with Gasteiger partial charge in [-0.2, -0.15) is 18.2 Å². The van der Waals surface area contributed by atoms with Crippen molar-refractivity contribution in [2.75, 3.05) is 0 Å². The van der Waals surface area contributed by atoms with Crippen molar-refractivity contribution in [3.63, 3.8) is 0 Å². The summed E-state index contributed by atoms with van der Waals surface area (Å²) in [5.41, 5.74) is 4.16. The van der Waals surface area contributed by atoms with Crippen LogP contribution < -0.4 is 0 Å². The van der Waals surface area contributed by atoms with Gasteiger partial charge in [-0.25, -0.2) is 12.2 Å². The Kier molecular flexibility index (Phi) is 11.6. The quantitative estimate of drug-likeness (QED) is 0.515. The zero-order chi connectivity index (χ0) is 12.3. The molecule has 20 heavy (non-hydrogen) atoms. The molecule has 2 aromatic carbocycles. The summed E-state index contributed by atoms with van der Waals surface area (Å²) in [6.45, 7) is 6.52. The maximum Gasteiger partial charge on any atom is 2.00 e. The molecule has 106 valence electrons. The Bertz CT molecular complexity index is 570. The molecule has 0 aliphatic heterocycles. The maximum atomic E-state index is 2.99. The second-order valence-electron chi connectivity index (χ2n) is 4.51. The predicted molar refractivity (Wildman–Crippen MR) is 89.8 cm³/mol. The predicted octanol–water partition coefficient (Wildman–Crippen LogP) is 5.63. The summed E-state index contributed by atoms with van der Waals surface area (Å²) in [5, 5.41) is 2.85. The van der Waals surface area contributed by atoms with Gasteiger partial charge in [0.1, 0.15) is 0 Å². The van der Waals surface area contributed by atoms with Crippen LogP contribution in [0.15, 0.2) is 42.5 Å². The van der Waals surface area contributed by atoms with Crippen molar-refractivity contribution in [1.82, 2.24) is 0 Å². The summed E-state index contributed by atoms with van der Waals surface area (Å²) in [6, 6.07) is 8.80. The third-order valence-corrected chi connectivity index (χ3v) is 3.15. The molecule has 2 aromatic rings. The fourth-order valence-corrected chi connectivity index (χ4v) is 2.20. The van der Waals surface area contributed by atoms with Gasteiger partial charge < -0.3 is 0 Å². The van der Waals surface area contributed by atoms with E-state index < -0.39 is 0 Å². The second-order valence-corrected chi connectivity index (χ2v) is 4.51. The van der Waals surface area contributed by atoms with E-state index in [0.717, 1.165) is 6.42 Å². The van der Waals surface area contributed by atoms with E-state index in [1.54, 1.807) is 0 Å². The van der Waals surface area contributed by atoms with Gasteiger partial charge in [-0.3, -0.25) is 6.08 Å². The average molecular weight is 386 g/mol. The number of allylic oxidation sites excluding steroid dienone is 4. The summed E-state index contributed by atoms with van der Waals surface area (Å²) in [6.07, 6.45) is 10.0. The minimum Gasteiger partial charge on any atom is -0.273 e. The van der Waals surface area contributed by atoms with Crippen LogP contribution in [0.2, 0.25) is 0 Å². The molecule has 0 amide bonds. The molecule has 3 rings (SSSR count). The summed E-state index contributed by atoms with van der Waals surface area (Å²) in [4.78, 5) is 0. The molecule has 0 aromatic heterocycles. The number of hydrogen-bond acceptors (Lipinski definition) is 0. The van der Waals surface area contributed by atoms with Gasteiger partial charge in [0.25, 0.3) is 0 Å². The van der Waals surface area contributed by atoms with Gasteiger partial charge in [0, 0.05) is 0 Å². The molecule has 0 radical (unpaired) electrons. The summed E-state index contributed by atoms with van der Waals surface area (Å²) < 4.78 is 0. The Morgan fingerprint density at radius 1 is 1.05 bits per heavy atom.